The fraction of sp³-hybridized carbons (Fsp3) is 0.357. The van der Waals surface area contributed by atoms with E-state index < -0.39 is 23.9 Å². The van der Waals surface area contributed by atoms with Gasteiger partial charge in [-0.1, -0.05) is 32.0 Å². The number of nitrogens with two attached hydrogens (primary N) is 1. The van der Waals surface area contributed by atoms with Crippen molar-refractivity contribution < 1.29 is 19.5 Å². The Kier molecular flexibility index (Phi) is 5.71. The van der Waals surface area contributed by atoms with Gasteiger partial charge in [0.05, 0.1) is 6.42 Å². The number of aliphatic carboxylic acids is 1. The van der Waals surface area contributed by atoms with Crippen LogP contribution in [-0.4, -0.2) is 29.1 Å². The van der Waals surface area contributed by atoms with Gasteiger partial charge in [0, 0.05) is 5.69 Å². The minimum atomic E-state index is -0.998. The van der Waals surface area contributed by atoms with Gasteiger partial charge in [0.1, 0.15) is 6.04 Å². The lowest BCUT2D eigenvalue weighted by molar-refractivity contribution is -0.136. The quantitative estimate of drug-likeness (QED) is 0.623. The summed E-state index contributed by atoms with van der Waals surface area (Å²) in [6.07, 6.45) is -0.208. The van der Waals surface area contributed by atoms with E-state index in [0.717, 1.165) is 0 Å². The number of primary amides is 1. The largest absolute Gasteiger partial charge is 0.481 e. The number of carbonyl (C=O) groups is 3. The first-order chi connectivity index (χ1) is 9.81. The van der Waals surface area contributed by atoms with Gasteiger partial charge in [-0.25, -0.2) is 4.79 Å². The molecular formula is C14H19N3O4. The molecule has 1 aromatic carbocycles. The average Bonchev–Trinajstić information content (AvgIpc) is 2.37. The Balaban J connectivity index is 2.79. The number of benzene rings is 1. The number of hydrogen-bond donors (Lipinski definition) is 4. The summed E-state index contributed by atoms with van der Waals surface area (Å²) in [6.45, 7) is 3.52. The zero-order valence-electron chi connectivity index (χ0n) is 11.9. The molecule has 5 N–H and O–H groups in total. The van der Waals surface area contributed by atoms with Gasteiger partial charge < -0.3 is 21.5 Å². The number of carboxylic acid groups (broad SMARTS) is 1. The second-order valence-electron chi connectivity index (χ2n) is 4.95. The molecule has 1 aromatic rings. The Morgan fingerprint density at radius 1 is 1.24 bits per heavy atom. The third kappa shape index (κ3) is 5.13. The molecule has 3 amide bonds. The minimum Gasteiger partial charge on any atom is -0.481 e. The van der Waals surface area contributed by atoms with Crippen LogP contribution in [0.15, 0.2) is 24.3 Å². The van der Waals surface area contributed by atoms with Crippen LogP contribution in [0, 0.1) is 5.92 Å². The fourth-order valence-corrected chi connectivity index (χ4v) is 1.83. The standard InChI is InChI=1S/C14H19N3O4/c1-8(2)12(13(15)20)17-14(21)16-10-6-4-3-5-9(10)7-11(18)19/h3-6,8,12H,7H2,1-2H3,(H2,15,20)(H,18,19)(H2,16,17,21). The Labute approximate surface area is 122 Å². The molecule has 1 unspecified atom stereocenters. The second-order valence-corrected chi connectivity index (χ2v) is 4.95. The van der Waals surface area contributed by atoms with Crippen molar-refractivity contribution in [1.29, 1.82) is 0 Å². The molecule has 114 valence electrons. The molecule has 0 aromatic heterocycles. The second kappa shape index (κ2) is 7.28. The highest BCUT2D eigenvalue weighted by atomic mass is 16.4. The van der Waals surface area contributed by atoms with Crippen LogP contribution in [-0.2, 0) is 16.0 Å². The molecule has 0 saturated carbocycles. The number of anilines is 1. The molecule has 1 rings (SSSR count). The smallest absolute Gasteiger partial charge is 0.319 e. The number of hydrogen-bond acceptors (Lipinski definition) is 3. The van der Waals surface area contributed by atoms with Crippen molar-refractivity contribution in [2.75, 3.05) is 5.32 Å². The summed E-state index contributed by atoms with van der Waals surface area (Å²) in [5.74, 6) is -1.77. The van der Waals surface area contributed by atoms with Gasteiger partial charge in [0.25, 0.3) is 0 Å². The first kappa shape index (κ1) is 16.5. The molecule has 0 spiro atoms. The molecule has 0 radical (unpaired) electrons. The summed E-state index contributed by atoms with van der Waals surface area (Å²) in [6, 6.07) is 5.16. The van der Waals surface area contributed by atoms with Crippen molar-refractivity contribution in [3.05, 3.63) is 29.8 Å². The maximum Gasteiger partial charge on any atom is 0.319 e. The summed E-state index contributed by atoms with van der Waals surface area (Å²) < 4.78 is 0. The van der Waals surface area contributed by atoms with E-state index in [9.17, 15) is 14.4 Å². The lowest BCUT2D eigenvalue weighted by Crippen LogP contribution is -2.49. The molecule has 21 heavy (non-hydrogen) atoms. The normalized spacial score (nSPS) is 11.8. The highest BCUT2D eigenvalue weighted by molar-refractivity contribution is 5.94. The predicted molar refractivity (Wildman–Crippen MR) is 77.8 cm³/mol. The van der Waals surface area contributed by atoms with Crippen molar-refractivity contribution >= 4 is 23.6 Å². The molecule has 1 atom stereocenters. The van der Waals surface area contributed by atoms with Crippen LogP contribution in [0.5, 0.6) is 0 Å². The summed E-state index contributed by atoms with van der Waals surface area (Å²) in [5, 5.41) is 13.8. The van der Waals surface area contributed by atoms with Crippen molar-refractivity contribution in [1.82, 2.24) is 5.32 Å². The molecule has 0 aliphatic heterocycles. The van der Waals surface area contributed by atoms with Gasteiger partial charge >= 0.3 is 12.0 Å². The first-order valence-corrected chi connectivity index (χ1v) is 6.47. The molecule has 0 aliphatic rings. The van der Waals surface area contributed by atoms with Crippen LogP contribution in [0.4, 0.5) is 10.5 Å². The average molecular weight is 293 g/mol. The van der Waals surface area contributed by atoms with Gasteiger partial charge in [-0.2, -0.15) is 0 Å². The van der Waals surface area contributed by atoms with Gasteiger partial charge in [0.15, 0.2) is 0 Å². The van der Waals surface area contributed by atoms with Crippen molar-refractivity contribution in [3.8, 4) is 0 Å². The topological polar surface area (TPSA) is 122 Å². The van der Waals surface area contributed by atoms with Crippen LogP contribution in [0.3, 0.4) is 0 Å². The van der Waals surface area contributed by atoms with Gasteiger partial charge in [-0.3, -0.25) is 9.59 Å². The summed E-state index contributed by atoms with van der Waals surface area (Å²) >= 11 is 0. The van der Waals surface area contributed by atoms with E-state index in [1.165, 1.54) is 0 Å². The first-order valence-electron chi connectivity index (χ1n) is 6.47. The van der Waals surface area contributed by atoms with E-state index in [1.54, 1.807) is 38.1 Å². The van der Waals surface area contributed by atoms with Crippen molar-refractivity contribution in [3.63, 3.8) is 0 Å². The third-order valence-electron chi connectivity index (χ3n) is 2.87. The van der Waals surface area contributed by atoms with E-state index in [-0.39, 0.29) is 12.3 Å². The Hall–Kier alpha value is -2.57. The Morgan fingerprint density at radius 3 is 2.38 bits per heavy atom. The van der Waals surface area contributed by atoms with E-state index in [2.05, 4.69) is 10.6 Å². The van der Waals surface area contributed by atoms with Gasteiger partial charge in [0.2, 0.25) is 5.91 Å². The van der Waals surface area contributed by atoms with E-state index in [4.69, 9.17) is 10.8 Å². The van der Waals surface area contributed by atoms with Crippen LogP contribution < -0.4 is 16.4 Å². The molecule has 0 fully saturated rings. The maximum absolute atomic E-state index is 11.9. The predicted octanol–water partition coefficient (Wildman–Crippen LogP) is 0.945. The molecular weight excluding hydrogens is 274 g/mol. The van der Waals surface area contributed by atoms with Gasteiger partial charge in [-0.15, -0.1) is 0 Å². The summed E-state index contributed by atoms with van der Waals surface area (Å²) in [7, 11) is 0. The molecule has 0 saturated heterocycles. The number of amides is 3. The molecule has 7 nitrogen and oxygen atoms in total. The monoisotopic (exact) mass is 293 g/mol. The molecule has 0 aliphatic carbocycles. The number of urea groups is 1. The summed E-state index contributed by atoms with van der Waals surface area (Å²) in [4.78, 5) is 33.9. The maximum atomic E-state index is 11.9. The Morgan fingerprint density at radius 2 is 1.86 bits per heavy atom. The number of para-hydroxylation sites is 1. The SMILES string of the molecule is CC(C)C(NC(=O)Nc1ccccc1CC(=O)O)C(N)=O. The van der Waals surface area contributed by atoms with Crippen LogP contribution in [0.1, 0.15) is 19.4 Å². The van der Waals surface area contributed by atoms with Crippen LogP contribution in [0.25, 0.3) is 0 Å². The minimum absolute atomic E-state index is 0.150. The number of carboxylic acids is 1. The van der Waals surface area contributed by atoms with E-state index in [0.29, 0.717) is 11.3 Å². The molecule has 0 heterocycles. The number of rotatable bonds is 6. The van der Waals surface area contributed by atoms with Crippen LogP contribution in [0.2, 0.25) is 0 Å². The highest BCUT2D eigenvalue weighted by Crippen LogP contribution is 2.15. The fourth-order valence-electron chi connectivity index (χ4n) is 1.83. The lowest BCUT2D eigenvalue weighted by Gasteiger charge is -2.19. The zero-order valence-corrected chi connectivity index (χ0v) is 11.9. The van der Waals surface area contributed by atoms with Crippen LogP contribution >= 0.6 is 0 Å². The highest BCUT2D eigenvalue weighted by Gasteiger charge is 2.21. The zero-order chi connectivity index (χ0) is 16.0. The van der Waals surface area contributed by atoms with Crippen molar-refractivity contribution in [2.24, 2.45) is 11.7 Å². The number of carbonyl (C=O) groups excluding carboxylic acids is 2. The number of nitrogens with one attached hydrogen (secondary N) is 2. The summed E-state index contributed by atoms with van der Waals surface area (Å²) in [5.41, 5.74) is 6.07. The molecule has 7 heteroatoms. The van der Waals surface area contributed by atoms with E-state index in [1.807, 2.05) is 0 Å². The van der Waals surface area contributed by atoms with Gasteiger partial charge in [-0.05, 0) is 17.5 Å². The van der Waals surface area contributed by atoms with E-state index >= 15 is 0 Å². The molecule has 0 bridgehead atoms. The third-order valence-corrected chi connectivity index (χ3v) is 2.87. The van der Waals surface area contributed by atoms with Crippen molar-refractivity contribution in [2.45, 2.75) is 26.3 Å². The Bertz CT molecular complexity index is 543. The lowest BCUT2D eigenvalue weighted by atomic mass is 10.0.